The van der Waals surface area contributed by atoms with Crippen LogP contribution in [-0.4, -0.2) is 34.4 Å². The molecule has 1 amide bonds. The number of benzene rings is 2. The van der Waals surface area contributed by atoms with Gasteiger partial charge in [0.25, 0.3) is 0 Å². The SMILES string of the molecule is CC(=O)NCCSSCc1ccc(N=Nc2ccc(O)c(C(=O)O)c2)cc1. The molecule has 0 aliphatic carbocycles. The first kappa shape index (κ1) is 20.8. The zero-order chi connectivity index (χ0) is 19.6. The Morgan fingerprint density at radius 2 is 1.70 bits per heavy atom. The van der Waals surface area contributed by atoms with Crippen molar-refractivity contribution >= 4 is 44.8 Å². The lowest BCUT2D eigenvalue weighted by Crippen LogP contribution is -2.22. The molecule has 0 aliphatic rings. The molecule has 0 unspecified atom stereocenters. The van der Waals surface area contributed by atoms with Crippen LogP contribution in [0, 0.1) is 0 Å². The normalized spacial score (nSPS) is 10.9. The van der Waals surface area contributed by atoms with Crippen molar-refractivity contribution in [1.29, 1.82) is 0 Å². The van der Waals surface area contributed by atoms with Gasteiger partial charge in [-0.3, -0.25) is 4.79 Å². The third-order valence-corrected chi connectivity index (χ3v) is 5.64. The van der Waals surface area contributed by atoms with Gasteiger partial charge in [0.05, 0.1) is 11.4 Å². The highest BCUT2D eigenvalue weighted by Gasteiger charge is 2.09. The monoisotopic (exact) mass is 405 g/mol. The van der Waals surface area contributed by atoms with E-state index >= 15 is 0 Å². The second-order valence-corrected chi connectivity index (χ2v) is 8.02. The fraction of sp³-hybridized carbons (Fsp3) is 0.222. The fourth-order valence-electron chi connectivity index (χ4n) is 1.97. The van der Waals surface area contributed by atoms with Gasteiger partial charge in [-0.15, -0.1) is 0 Å². The van der Waals surface area contributed by atoms with Gasteiger partial charge in [-0.25, -0.2) is 4.79 Å². The molecule has 0 atom stereocenters. The minimum Gasteiger partial charge on any atom is -0.507 e. The molecule has 0 bridgehead atoms. The van der Waals surface area contributed by atoms with Crippen LogP contribution in [0.25, 0.3) is 0 Å². The topological polar surface area (TPSA) is 111 Å². The molecular formula is C18H19N3O4S2. The highest BCUT2D eigenvalue weighted by molar-refractivity contribution is 8.76. The quantitative estimate of drug-likeness (QED) is 0.321. The van der Waals surface area contributed by atoms with E-state index in [0.29, 0.717) is 17.9 Å². The molecule has 0 radical (unpaired) electrons. The van der Waals surface area contributed by atoms with Gasteiger partial charge in [0.15, 0.2) is 0 Å². The third-order valence-electron chi connectivity index (χ3n) is 3.30. The predicted octanol–water partition coefficient (Wildman–Crippen LogP) is 4.52. The summed E-state index contributed by atoms with van der Waals surface area (Å²) >= 11 is 0. The summed E-state index contributed by atoms with van der Waals surface area (Å²) in [5, 5.41) is 29.3. The maximum Gasteiger partial charge on any atom is 0.339 e. The van der Waals surface area contributed by atoms with Crippen LogP contribution >= 0.6 is 21.6 Å². The number of nitrogens with zero attached hydrogens (tertiary/aromatic N) is 2. The number of carbonyl (C=O) groups is 2. The van der Waals surface area contributed by atoms with E-state index in [9.17, 15) is 14.7 Å². The van der Waals surface area contributed by atoms with E-state index in [2.05, 4.69) is 15.5 Å². The Labute approximate surface area is 164 Å². The molecule has 9 heteroatoms. The molecule has 0 fully saturated rings. The Bertz CT molecular complexity index is 826. The van der Waals surface area contributed by atoms with Crippen molar-refractivity contribution < 1.29 is 19.8 Å². The van der Waals surface area contributed by atoms with Crippen LogP contribution in [0.15, 0.2) is 52.7 Å². The lowest BCUT2D eigenvalue weighted by atomic mass is 10.2. The Hall–Kier alpha value is -2.52. The van der Waals surface area contributed by atoms with Crippen molar-refractivity contribution in [3.63, 3.8) is 0 Å². The summed E-state index contributed by atoms with van der Waals surface area (Å²) in [7, 11) is 3.41. The Kier molecular flexibility index (Phi) is 8.15. The smallest absolute Gasteiger partial charge is 0.339 e. The number of carboxylic acids is 1. The third kappa shape index (κ3) is 7.32. The summed E-state index contributed by atoms with van der Waals surface area (Å²) in [5.74, 6) is 0.139. The van der Waals surface area contributed by atoms with E-state index in [-0.39, 0.29) is 17.2 Å². The second kappa shape index (κ2) is 10.6. The molecule has 3 N–H and O–H groups in total. The fourth-order valence-corrected chi connectivity index (χ4v) is 3.95. The average molecular weight is 406 g/mol. The van der Waals surface area contributed by atoms with Gasteiger partial charge in [0, 0.05) is 25.0 Å². The number of carbonyl (C=O) groups excluding carboxylic acids is 1. The molecule has 0 saturated carbocycles. The van der Waals surface area contributed by atoms with Crippen molar-refractivity contribution in [1.82, 2.24) is 5.32 Å². The van der Waals surface area contributed by atoms with Gasteiger partial charge in [-0.1, -0.05) is 33.7 Å². The summed E-state index contributed by atoms with van der Waals surface area (Å²) in [6, 6.07) is 11.6. The summed E-state index contributed by atoms with van der Waals surface area (Å²) < 4.78 is 0. The van der Waals surface area contributed by atoms with E-state index in [0.717, 1.165) is 17.1 Å². The van der Waals surface area contributed by atoms with Crippen molar-refractivity contribution in [2.24, 2.45) is 10.2 Å². The lowest BCUT2D eigenvalue weighted by molar-refractivity contribution is -0.118. The number of hydrogen-bond donors (Lipinski definition) is 3. The van der Waals surface area contributed by atoms with Crippen LogP contribution in [0.3, 0.4) is 0 Å². The molecule has 2 aromatic rings. The van der Waals surface area contributed by atoms with Crippen LogP contribution in [0.4, 0.5) is 11.4 Å². The molecule has 2 rings (SSSR count). The van der Waals surface area contributed by atoms with Crippen molar-refractivity contribution in [2.75, 3.05) is 12.3 Å². The molecule has 0 aromatic heterocycles. The van der Waals surface area contributed by atoms with E-state index < -0.39 is 5.97 Å². The Morgan fingerprint density at radius 1 is 1.04 bits per heavy atom. The summed E-state index contributed by atoms with van der Waals surface area (Å²) in [6.45, 7) is 2.16. The zero-order valence-corrected chi connectivity index (χ0v) is 16.2. The Morgan fingerprint density at radius 3 is 2.37 bits per heavy atom. The van der Waals surface area contributed by atoms with Crippen molar-refractivity contribution in [3.05, 3.63) is 53.6 Å². The minimum atomic E-state index is -1.22. The molecule has 0 saturated heterocycles. The van der Waals surface area contributed by atoms with Gasteiger partial charge < -0.3 is 15.5 Å². The van der Waals surface area contributed by atoms with Crippen LogP contribution in [-0.2, 0) is 10.5 Å². The maximum atomic E-state index is 11.0. The van der Waals surface area contributed by atoms with E-state index in [1.54, 1.807) is 21.6 Å². The predicted molar refractivity (Wildman–Crippen MR) is 108 cm³/mol. The van der Waals surface area contributed by atoms with E-state index in [1.165, 1.54) is 25.1 Å². The number of carboxylic acid groups (broad SMARTS) is 1. The first-order chi connectivity index (χ1) is 13.0. The molecule has 2 aromatic carbocycles. The number of azo groups is 1. The van der Waals surface area contributed by atoms with Gasteiger partial charge in [0.2, 0.25) is 5.91 Å². The average Bonchev–Trinajstić information content (AvgIpc) is 2.64. The highest BCUT2D eigenvalue weighted by Crippen LogP contribution is 2.27. The number of rotatable bonds is 9. The number of phenols is 1. The van der Waals surface area contributed by atoms with Crippen LogP contribution in [0.5, 0.6) is 5.75 Å². The Balaban J connectivity index is 1.85. The first-order valence-electron chi connectivity index (χ1n) is 8.01. The first-order valence-corrected chi connectivity index (χ1v) is 10.5. The van der Waals surface area contributed by atoms with Gasteiger partial charge in [-0.2, -0.15) is 10.2 Å². The van der Waals surface area contributed by atoms with Crippen molar-refractivity contribution in [3.8, 4) is 5.75 Å². The number of hydrogen-bond acceptors (Lipinski definition) is 7. The van der Waals surface area contributed by atoms with Crippen LogP contribution < -0.4 is 5.32 Å². The van der Waals surface area contributed by atoms with Gasteiger partial charge in [-0.05, 0) is 35.9 Å². The van der Waals surface area contributed by atoms with Crippen molar-refractivity contribution in [2.45, 2.75) is 12.7 Å². The second-order valence-electron chi connectivity index (χ2n) is 5.44. The number of aromatic carboxylic acids is 1. The molecule has 0 heterocycles. The van der Waals surface area contributed by atoms with E-state index in [1.807, 2.05) is 24.3 Å². The van der Waals surface area contributed by atoms with Crippen LogP contribution in [0.1, 0.15) is 22.8 Å². The summed E-state index contributed by atoms with van der Waals surface area (Å²) in [5.41, 5.74) is 1.92. The molecular weight excluding hydrogens is 386 g/mol. The summed E-state index contributed by atoms with van der Waals surface area (Å²) in [6.07, 6.45) is 0. The molecule has 142 valence electrons. The van der Waals surface area contributed by atoms with Crippen LogP contribution in [0.2, 0.25) is 0 Å². The number of nitrogens with one attached hydrogen (secondary N) is 1. The van der Waals surface area contributed by atoms with Gasteiger partial charge in [0.1, 0.15) is 11.3 Å². The standard InChI is InChI=1S/C18H19N3O4S2/c1-12(22)19-8-9-26-27-11-13-2-4-14(5-3-13)20-21-15-6-7-17(23)16(10-15)18(24)25/h2-7,10,23H,8-9,11H2,1H3,(H,19,22)(H,24,25). The highest BCUT2D eigenvalue weighted by atomic mass is 33.1. The molecule has 27 heavy (non-hydrogen) atoms. The molecule has 7 nitrogen and oxygen atoms in total. The van der Waals surface area contributed by atoms with E-state index in [4.69, 9.17) is 5.11 Å². The molecule has 0 aliphatic heterocycles. The largest absolute Gasteiger partial charge is 0.507 e. The number of amides is 1. The maximum absolute atomic E-state index is 11.0. The lowest BCUT2D eigenvalue weighted by Gasteiger charge is -2.03. The zero-order valence-electron chi connectivity index (χ0n) is 14.6. The summed E-state index contributed by atoms with van der Waals surface area (Å²) in [4.78, 5) is 21.8. The minimum absolute atomic E-state index is 0.0168. The number of aromatic hydroxyl groups is 1. The molecule has 0 spiro atoms. The van der Waals surface area contributed by atoms with Gasteiger partial charge >= 0.3 is 5.97 Å².